The van der Waals surface area contributed by atoms with E-state index in [9.17, 15) is 0 Å². The Labute approximate surface area is 88.1 Å². The second-order valence-corrected chi connectivity index (χ2v) is 4.88. The minimum Gasteiger partial charge on any atom is -0.310 e. The van der Waals surface area contributed by atoms with E-state index < -0.39 is 0 Å². The molecule has 14 heavy (non-hydrogen) atoms. The minimum atomic E-state index is 0.784. The SMILES string of the molecule is CCN1CCCC(NC2CCCC2)C1. The number of rotatable bonds is 3. The highest BCUT2D eigenvalue weighted by atomic mass is 15.2. The van der Waals surface area contributed by atoms with E-state index in [2.05, 4.69) is 17.1 Å². The molecule has 1 saturated heterocycles. The number of hydrogen-bond donors (Lipinski definition) is 1. The maximum Gasteiger partial charge on any atom is 0.0198 e. The molecule has 0 radical (unpaired) electrons. The quantitative estimate of drug-likeness (QED) is 0.743. The van der Waals surface area contributed by atoms with Gasteiger partial charge >= 0.3 is 0 Å². The molecule has 1 aliphatic heterocycles. The lowest BCUT2D eigenvalue weighted by atomic mass is 10.0. The standard InChI is InChI=1S/C12H24N2/c1-2-14-9-5-8-12(10-14)13-11-6-3-4-7-11/h11-13H,2-10H2,1H3. The molecule has 1 unspecified atom stereocenters. The molecule has 1 aliphatic carbocycles. The lowest BCUT2D eigenvalue weighted by Gasteiger charge is -2.34. The first-order chi connectivity index (χ1) is 6.88. The Morgan fingerprint density at radius 2 is 1.79 bits per heavy atom. The summed E-state index contributed by atoms with van der Waals surface area (Å²) in [6.45, 7) is 6.10. The third kappa shape index (κ3) is 2.71. The van der Waals surface area contributed by atoms with E-state index in [-0.39, 0.29) is 0 Å². The first-order valence-electron chi connectivity index (χ1n) is 6.37. The highest BCUT2D eigenvalue weighted by Gasteiger charge is 2.22. The predicted molar refractivity (Wildman–Crippen MR) is 60.5 cm³/mol. The van der Waals surface area contributed by atoms with E-state index in [1.807, 2.05) is 0 Å². The van der Waals surface area contributed by atoms with Gasteiger partial charge in [-0.2, -0.15) is 0 Å². The van der Waals surface area contributed by atoms with Crippen LogP contribution in [0.2, 0.25) is 0 Å². The van der Waals surface area contributed by atoms with Crippen LogP contribution >= 0.6 is 0 Å². The Morgan fingerprint density at radius 1 is 1.07 bits per heavy atom. The fourth-order valence-corrected chi connectivity index (χ4v) is 2.90. The van der Waals surface area contributed by atoms with Crippen LogP contribution in [0.5, 0.6) is 0 Å². The second-order valence-electron chi connectivity index (χ2n) is 4.88. The van der Waals surface area contributed by atoms with Crippen molar-refractivity contribution in [2.45, 2.75) is 57.5 Å². The molecule has 0 bridgehead atoms. The molecular weight excluding hydrogens is 172 g/mol. The largest absolute Gasteiger partial charge is 0.310 e. The highest BCUT2D eigenvalue weighted by Crippen LogP contribution is 2.20. The number of nitrogens with zero attached hydrogens (tertiary/aromatic N) is 1. The summed E-state index contributed by atoms with van der Waals surface area (Å²) in [5.74, 6) is 0. The molecule has 1 N–H and O–H groups in total. The van der Waals surface area contributed by atoms with Crippen LogP contribution in [0.25, 0.3) is 0 Å². The van der Waals surface area contributed by atoms with Crippen LogP contribution in [0.3, 0.4) is 0 Å². The summed E-state index contributed by atoms with van der Waals surface area (Å²) in [4.78, 5) is 2.58. The monoisotopic (exact) mass is 196 g/mol. The summed E-state index contributed by atoms with van der Waals surface area (Å²) in [5, 5.41) is 3.84. The van der Waals surface area contributed by atoms with Crippen LogP contribution in [0.15, 0.2) is 0 Å². The van der Waals surface area contributed by atoms with Gasteiger partial charge in [0, 0.05) is 18.6 Å². The van der Waals surface area contributed by atoms with Crippen molar-refractivity contribution in [3.63, 3.8) is 0 Å². The number of hydrogen-bond acceptors (Lipinski definition) is 2. The van der Waals surface area contributed by atoms with Gasteiger partial charge in [-0.3, -0.25) is 0 Å². The zero-order valence-corrected chi connectivity index (χ0v) is 9.47. The van der Waals surface area contributed by atoms with E-state index in [1.54, 1.807) is 0 Å². The van der Waals surface area contributed by atoms with Gasteiger partial charge in [0.05, 0.1) is 0 Å². The third-order valence-electron chi connectivity index (χ3n) is 3.78. The molecule has 1 atom stereocenters. The molecule has 82 valence electrons. The average molecular weight is 196 g/mol. The molecular formula is C12H24N2. The number of piperidine rings is 1. The zero-order chi connectivity index (χ0) is 9.80. The molecule has 0 aromatic rings. The number of likely N-dealkylation sites (N-methyl/N-ethyl adjacent to an activating group) is 1. The molecule has 2 rings (SSSR count). The molecule has 0 spiro atoms. The molecule has 1 saturated carbocycles. The maximum atomic E-state index is 3.84. The smallest absolute Gasteiger partial charge is 0.0198 e. The Hall–Kier alpha value is -0.0800. The first kappa shape index (κ1) is 10.4. The predicted octanol–water partition coefficient (Wildman–Crippen LogP) is 2.00. The van der Waals surface area contributed by atoms with Crippen LogP contribution < -0.4 is 5.32 Å². The van der Waals surface area contributed by atoms with Gasteiger partial charge in [-0.1, -0.05) is 19.8 Å². The Bertz CT molecular complexity index is 164. The molecule has 0 aromatic heterocycles. The van der Waals surface area contributed by atoms with Gasteiger partial charge in [0.15, 0.2) is 0 Å². The summed E-state index contributed by atoms with van der Waals surface area (Å²) >= 11 is 0. The van der Waals surface area contributed by atoms with Crippen molar-refractivity contribution in [1.29, 1.82) is 0 Å². The van der Waals surface area contributed by atoms with E-state index in [4.69, 9.17) is 0 Å². The Balaban J connectivity index is 1.73. The van der Waals surface area contributed by atoms with Crippen molar-refractivity contribution in [2.75, 3.05) is 19.6 Å². The van der Waals surface area contributed by atoms with Gasteiger partial charge in [0.25, 0.3) is 0 Å². The first-order valence-corrected chi connectivity index (χ1v) is 6.37. The zero-order valence-electron chi connectivity index (χ0n) is 9.47. The molecule has 1 heterocycles. The molecule has 2 heteroatoms. The lowest BCUT2D eigenvalue weighted by molar-refractivity contribution is 0.190. The summed E-state index contributed by atoms with van der Waals surface area (Å²) in [5.41, 5.74) is 0. The van der Waals surface area contributed by atoms with Gasteiger partial charge in [-0.05, 0) is 38.8 Å². The van der Waals surface area contributed by atoms with Crippen molar-refractivity contribution in [3.05, 3.63) is 0 Å². The summed E-state index contributed by atoms with van der Waals surface area (Å²) in [6, 6.07) is 1.63. The van der Waals surface area contributed by atoms with Gasteiger partial charge in [0.1, 0.15) is 0 Å². The highest BCUT2D eigenvalue weighted by molar-refractivity contribution is 4.83. The van der Waals surface area contributed by atoms with Crippen molar-refractivity contribution in [1.82, 2.24) is 10.2 Å². The van der Waals surface area contributed by atoms with Gasteiger partial charge in [-0.25, -0.2) is 0 Å². The van der Waals surface area contributed by atoms with E-state index in [1.165, 1.54) is 58.2 Å². The second kappa shape index (κ2) is 5.13. The fourth-order valence-electron chi connectivity index (χ4n) is 2.90. The molecule has 2 nitrogen and oxygen atoms in total. The van der Waals surface area contributed by atoms with Crippen LogP contribution in [-0.2, 0) is 0 Å². The number of likely N-dealkylation sites (tertiary alicyclic amines) is 1. The summed E-state index contributed by atoms with van der Waals surface area (Å²) in [7, 11) is 0. The van der Waals surface area contributed by atoms with E-state index in [0.717, 1.165) is 12.1 Å². The van der Waals surface area contributed by atoms with Gasteiger partial charge < -0.3 is 10.2 Å². The van der Waals surface area contributed by atoms with E-state index in [0.29, 0.717) is 0 Å². The van der Waals surface area contributed by atoms with Crippen LogP contribution in [0, 0.1) is 0 Å². The average Bonchev–Trinajstić information content (AvgIpc) is 2.71. The molecule has 2 aliphatic rings. The summed E-state index contributed by atoms with van der Waals surface area (Å²) in [6.07, 6.45) is 8.51. The van der Waals surface area contributed by atoms with Crippen molar-refractivity contribution in [2.24, 2.45) is 0 Å². The maximum absolute atomic E-state index is 3.84. The summed E-state index contributed by atoms with van der Waals surface area (Å²) < 4.78 is 0. The van der Waals surface area contributed by atoms with Crippen molar-refractivity contribution < 1.29 is 0 Å². The topological polar surface area (TPSA) is 15.3 Å². The Kier molecular flexibility index (Phi) is 3.82. The van der Waals surface area contributed by atoms with Crippen LogP contribution in [0.1, 0.15) is 45.4 Å². The Morgan fingerprint density at radius 3 is 2.50 bits per heavy atom. The van der Waals surface area contributed by atoms with Gasteiger partial charge in [-0.15, -0.1) is 0 Å². The molecule has 0 amide bonds. The number of nitrogens with one attached hydrogen (secondary N) is 1. The molecule has 0 aromatic carbocycles. The van der Waals surface area contributed by atoms with Crippen molar-refractivity contribution >= 4 is 0 Å². The molecule has 2 fully saturated rings. The van der Waals surface area contributed by atoms with Crippen molar-refractivity contribution in [3.8, 4) is 0 Å². The van der Waals surface area contributed by atoms with Crippen LogP contribution in [-0.4, -0.2) is 36.6 Å². The fraction of sp³-hybridized carbons (Fsp3) is 1.00. The van der Waals surface area contributed by atoms with E-state index >= 15 is 0 Å². The lowest BCUT2D eigenvalue weighted by Crippen LogP contribution is -2.48. The third-order valence-corrected chi connectivity index (χ3v) is 3.78. The van der Waals surface area contributed by atoms with Gasteiger partial charge in [0.2, 0.25) is 0 Å². The normalized spacial score (nSPS) is 31.1. The van der Waals surface area contributed by atoms with Crippen LogP contribution in [0.4, 0.5) is 0 Å². The minimum absolute atomic E-state index is 0.784.